The van der Waals surface area contributed by atoms with Gasteiger partial charge in [0.25, 0.3) is 0 Å². The van der Waals surface area contributed by atoms with Crippen LogP contribution in [-0.2, 0) is 19.1 Å². The van der Waals surface area contributed by atoms with Crippen molar-refractivity contribution in [2.24, 2.45) is 17.8 Å². The van der Waals surface area contributed by atoms with Crippen molar-refractivity contribution in [3.8, 4) is 0 Å². The third-order valence-corrected chi connectivity index (χ3v) is 3.39. The molecule has 1 fully saturated rings. The first-order valence-corrected chi connectivity index (χ1v) is 5.10. The van der Waals surface area contributed by atoms with Crippen molar-refractivity contribution in [3.05, 3.63) is 11.8 Å². The van der Waals surface area contributed by atoms with Crippen molar-refractivity contribution in [1.82, 2.24) is 0 Å². The van der Waals surface area contributed by atoms with Crippen molar-refractivity contribution < 1.29 is 19.1 Å². The lowest BCUT2D eigenvalue weighted by Crippen LogP contribution is -2.36. The van der Waals surface area contributed by atoms with E-state index < -0.39 is 6.29 Å². The monoisotopic (exact) mass is 210 g/mol. The number of rotatable bonds is 3. The molecule has 15 heavy (non-hydrogen) atoms. The van der Waals surface area contributed by atoms with Crippen LogP contribution in [0.3, 0.4) is 0 Å². The van der Waals surface area contributed by atoms with Gasteiger partial charge in [-0.05, 0) is 18.8 Å². The Balaban J connectivity index is 2.27. The minimum absolute atomic E-state index is 0.00213. The highest BCUT2D eigenvalue weighted by molar-refractivity contribution is 5.74. The number of hydrogen-bond acceptors (Lipinski definition) is 4. The molecular weight excluding hydrogens is 196 g/mol. The van der Waals surface area contributed by atoms with Gasteiger partial charge in [-0.3, -0.25) is 4.79 Å². The van der Waals surface area contributed by atoms with Crippen LogP contribution >= 0.6 is 0 Å². The van der Waals surface area contributed by atoms with E-state index in [1.54, 1.807) is 7.11 Å². The van der Waals surface area contributed by atoms with E-state index in [9.17, 15) is 9.59 Å². The van der Waals surface area contributed by atoms with Gasteiger partial charge in [0, 0.05) is 24.5 Å². The fraction of sp³-hybridized carbons (Fsp3) is 0.636. The molecule has 82 valence electrons. The zero-order valence-electron chi connectivity index (χ0n) is 8.59. The first kappa shape index (κ1) is 10.4. The van der Waals surface area contributed by atoms with Crippen LogP contribution in [0.5, 0.6) is 0 Å². The molecule has 2 aliphatic rings. The summed E-state index contributed by atoms with van der Waals surface area (Å²) in [4.78, 5) is 21.7. The maximum absolute atomic E-state index is 10.9. The maximum atomic E-state index is 10.9. The van der Waals surface area contributed by atoms with Crippen LogP contribution in [0.15, 0.2) is 11.8 Å². The molecule has 4 nitrogen and oxygen atoms in total. The van der Waals surface area contributed by atoms with Crippen LogP contribution in [0.25, 0.3) is 0 Å². The molecule has 4 heteroatoms. The predicted molar refractivity (Wildman–Crippen MR) is 51.8 cm³/mol. The summed E-state index contributed by atoms with van der Waals surface area (Å²) in [6, 6.07) is 0. The average Bonchev–Trinajstić information content (AvgIpc) is 2.71. The lowest BCUT2D eigenvalue weighted by molar-refractivity contribution is -0.151. The summed E-state index contributed by atoms with van der Waals surface area (Å²) >= 11 is 0. The lowest BCUT2D eigenvalue weighted by Gasteiger charge is -2.33. The molecule has 2 rings (SSSR count). The zero-order valence-corrected chi connectivity index (χ0v) is 8.59. The highest BCUT2D eigenvalue weighted by atomic mass is 16.7. The Morgan fingerprint density at radius 1 is 1.47 bits per heavy atom. The second-order valence-electron chi connectivity index (χ2n) is 4.04. The number of carbonyl (C=O) groups is 2. The Bertz CT molecular complexity index is 297. The second-order valence-corrected chi connectivity index (χ2v) is 4.04. The van der Waals surface area contributed by atoms with Crippen molar-refractivity contribution in [3.63, 3.8) is 0 Å². The van der Waals surface area contributed by atoms with Gasteiger partial charge in [0.2, 0.25) is 6.29 Å². The molecule has 4 unspecified atom stereocenters. The van der Waals surface area contributed by atoms with Crippen LogP contribution in [-0.4, -0.2) is 26.0 Å². The van der Waals surface area contributed by atoms with Crippen molar-refractivity contribution in [2.45, 2.75) is 19.1 Å². The summed E-state index contributed by atoms with van der Waals surface area (Å²) in [5.41, 5.74) is 0.651. The van der Waals surface area contributed by atoms with E-state index in [0.29, 0.717) is 5.57 Å². The van der Waals surface area contributed by atoms with Crippen molar-refractivity contribution in [2.75, 3.05) is 7.11 Å². The van der Waals surface area contributed by atoms with Gasteiger partial charge in [-0.25, -0.2) is 0 Å². The number of fused-ring (bicyclic) bond motifs is 1. The largest absolute Gasteiger partial charge is 0.472 e. The number of aldehydes is 2. The van der Waals surface area contributed by atoms with E-state index in [2.05, 4.69) is 0 Å². The zero-order chi connectivity index (χ0) is 10.8. The standard InChI is InChI=1S/C11H14O4/c1-14-11-10-7(4-12)2-3-9(10)8(5-13)6-15-11/h4-7,9-11H,2-3H2,1H3. The van der Waals surface area contributed by atoms with Gasteiger partial charge < -0.3 is 14.3 Å². The smallest absolute Gasteiger partial charge is 0.202 e. The van der Waals surface area contributed by atoms with E-state index in [1.165, 1.54) is 6.26 Å². The highest BCUT2D eigenvalue weighted by Crippen LogP contribution is 2.45. The van der Waals surface area contributed by atoms with Gasteiger partial charge in [0.05, 0.1) is 6.26 Å². The summed E-state index contributed by atoms with van der Waals surface area (Å²) in [5, 5.41) is 0. The van der Waals surface area contributed by atoms with E-state index in [4.69, 9.17) is 9.47 Å². The first-order chi connectivity index (χ1) is 7.31. The Morgan fingerprint density at radius 3 is 2.87 bits per heavy atom. The van der Waals surface area contributed by atoms with Gasteiger partial charge in [0.1, 0.15) is 12.6 Å². The van der Waals surface area contributed by atoms with Gasteiger partial charge in [-0.1, -0.05) is 0 Å². The third kappa shape index (κ3) is 1.59. The topological polar surface area (TPSA) is 52.6 Å². The van der Waals surface area contributed by atoms with E-state index >= 15 is 0 Å². The minimum Gasteiger partial charge on any atom is -0.472 e. The predicted octanol–water partition coefficient (Wildman–Crippen LogP) is 0.913. The molecule has 0 amide bonds. The number of ether oxygens (including phenoxy) is 2. The molecule has 0 aromatic rings. The molecule has 1 heterocycles. The molecular formula is C11H14O4. The van der Waals surface area contributed by atoms with Gasteiger partial charge in [0.15, 0.2) is 0 Å². The normalized spacial score (nSPS) is 38.9. The Labute approximate surface area is 88.2 Å². The second kappa shape index (κ2) is 4.14. The Kier molecular flexibility index (Phi) is 2.86. The molecule has 0 bridgehead atoms. The van der Waals surface area contributed by atoms with E-state index in [0.717, 1.165) is 25.4 Å². The minimum atomic E-state index is -0.392. The summed E-state index contributed by atoms with van der Waals surface area (Å²) in [6.07, 6.45) is 4.52. The number of hydrogen-bond donors (Lipinski definition) is 0. The van der Waals surface area contributed by atoms with Crippen molar-refractivity contribution >= 4 is 12.6 Å². The molecule has 0 saturated heterocycles. The van der Waals surface area contributed by atoms with Crippen LogP contribution < -0.4 is 0 Å². The number of carbonyl (C=O) groups excluding carboxylic acids is 2. The molecule has 0 aromatic carbocycles. The lowest BCUT2D eigenvalue weighted by atomic mass is 9.84. The summed E-state index contributed by atoms with van der Waals surface area (Å²) in [6.45, 7) is 0. The maximum Gasteiger partial charge on any atom is 0.202 e. The Morgan fingerprint density at radius 2 is 2.27 bits per heavy atom. The first-order valence-electron chi connectivity index (χ1n) is 5.10. The average molecular weight is 210 g/mol. The summed E-state index contributed by atoms with van der Waals surface area (Å²) < 4.78 is 10.5. The van der Waals surface area contributed by atoms with Gasteiger partial charge in [-0.15, -0.1) is 0 Å². The Hall–Kier alpha value is -1.16. The van der Waals surface area contributed by atoms with Gasteiger partial charge in [-0.2, -0.15) is 0 Å². The van der Waals surface area contributed by atoms with Crippen LogP contribution in [0.4, 0.5) is 0 Å². The van der Waals surface area contributed by atoms with Crippen LogP contribution in [0.2, 0.25) is 0 Å². The molecule has 1 saturated carbocycles. The molecule has 0 spiro atoms. The SMILES string of the molecule is COC1OC=C(C=O)C2CCC(C=O)C12. The molecule has 1 aliphatic carbocycles. The molecule has 1 aliphatic heterocycles. The number of methoxy groups -OCH3 is 1. The molecule has 4 atom stereocenters. The van der Waals surface area contributed by atoms with Crippen LogP contribution in [0.1, 0.15) is 12.8 Å². The molecule has 0 N–H and O–H groups in total. The highest BCUT2D eigenvalue weighted by Gasteiger charge is 2.46. The van der Waals surface area contributed by atoms with Crippen molar-refractivity contribution in [1.29, 1.82) is 0 Å². The fourth-order valence-electron chi connectivity index (χ4n) is 2.65. The van der Waals surface area contributed by atoms with Crippen LogP contribution in [0, 0.1) is 17.8 Å². The van der Waals surface area contributed by atoms with E-state index in [1.807, 2.05) is 0 Å². The summed E-state index contributed by atoms with van der Waals surface area (Å²) in [5.74, 6) is 0.0673. The molecule has 0 radical (unpaired) electrons. The summed E-state index contributed by atoms with van der Waals surface area (Å²) in [7, 11) is 1.56. The van der Waals surface area contributed by atoms with Gasteiger partial charge >= 0.3 is 0 Å². The fourth-order valence-corrected chi connectivity index (χ4v) is 2.65. The quantitative estimate of drug-likeness (QED) is 0.650. The third-order valence-electron chi connectivity index (χ3n) is 3.39. The van der Waals surface area contributed by atoms with E-state index in [-0.39, 0.29) is 17.8 Å². The molecule has 0 aromatic heterocycles. The number of allylic oxidation sites excluding steroid dienone is 1.